The normalized spacial score (nSPS) is 10.4. The van der Waals surface area contributed by atoms with Gasteiger partial charge in [-0.15, -0.1) is 0 Å². The summed E-state index contributed by atoms with van der Waals surface area (Å²) in [5.41, 5.74) is 1.93. The zero-order valence-corrected chi connectivity index (χ0v) is 10.5. The molecular weight excluding hydrogens is 264 g/mol. The fourth-order valence-electron chi connectivity index (χ4n) is 1.37. The first kappa shape index (κ1) is 11.7. The molecule has 0 amide bonds. The van der Waals surface area contributed by atoms with E-state index in [0.717, 1.165) is 16.3 Å². The second-order valence-electron chi connectivity index (χ2n) is 3.39. The van der Waals surface area contributed by atoms with Gasteiger partial charge >= 0.3 is 0 Å². The van der Waals surface area contributed by atoms with E-state index in [2.05, 4.69) is 4.98 Å². The zero-order valence-electron chi connectivity index (χ0n) is 8.25. The van der Waals surface area contributed by atoms with Crippen molar-refractivity contribution in [3.05, 3.63) is 62.9 Å². The molecule has 1 aromatic carbocycles. The molecule has 0 unspecified atom stereocenters. The summed E-state index contributed by atoms with van der Waals surface area (Å²) in [7, 11) is 0. The average Bonchev–Trinajstić information content (AvgIpc) is 2.25. The van der Waals surface area contributed by atoms with Crippen LogP contribution < -0.4 is 0 Å². The van der Waals surface area contributed by atoms with Gasteiger partial charge in [0, 0.05) is 17.6 Å². The van der Waals surface area contributed by atoms with E-state index in [0.29, 0.717) is 16.5 Å². The van der Waals surface area contributed by atoms with Crippen molar-refractivity contribution in [2.24, 2.45) is 0 Å². The van der Waals surface area contributed by atoms with E-state index >= 15 is 0 Å². The number of hydrogen-bond acceptors (Lipinski definition) is 1. The van der Waals surface area contributed by atoms with E-state index in [1.54, 1.807) is 12.3 Å². The maximum absolute atomic E-state index is 6.04. The number of pyridine rings is 1. The van der Waals surface area contributed by atoms with E-state index in [4.69, 9.17) is 34.8 Å². The summed E-state index contributed by atoms with van der Waals surface area (Å²) >= 11 is 17.6. The van der Waals surface area contributed by atoms with Gasteiger partial charge in [0.25, 0.3) is 0 Å². The highest BCUT2D eigenvalue weighted by atomic mass is 35.5. The summed E-state index contributed by atoms with van der Waals surface area (Å²) in [5, 5.41) is 1.85. The van der Waals surface area contributed by atoms with Gasteiger partial charge in [-0.3, -0.25) is 4.98 Å². The van der Waals surface area contributed by atoms with E-state index in [-0.39, 0.29) is 0 Å². The highest BCUT2D eigenvalue weighted by Crippen LogP contribution is 2.21. The topological polar surface area (TPSA) is 12.9 Å². The summed E-state index contributed by atoms with van der Waals surface area (Å²) in [5.74, 6) is 0. The molecule has 16 heavy (non-hydrogen) atoms. The minimum Gasteiger partial charge on any atom is -0.258 e. The minimum absolute atomic E-state index is 0.546. The van der Waals surface area contributed by atoms with Gasteiger partial charge in [-0.2, -0.15) is 0 Å². The van der Waals surface area contributed by atoms with Crippen molar-refractivity contribution >= 4 is 34.8 Å². The molecule has 0 saturated carbocycles. The van der Waals surface area contributed by atoms with Gasteiger partial charge in [-0.05, 0) is 23.8 Å². The SMILES string of the molecule is Clc1ccc(Cc2ncc(Cl)cc2Cl)cc1. The van der Waals surface area contributed by atoms with E-state index in [1.807, 2.05) is 24.3 Å². The fourth-order valence-corrected chi connectivity index (χ4v) is 1.94. The fraction of sp³-hybridized carbons (Fsp3) is 0.0833. The number of hydrogen-bond donors (Lipinski definition) is 0. The molecule has 4 heteroatoms. The monoisotopic (exact) mass is 271 g/mol. The molecule has 0 aliphatic carbocycles. The number of rotatable bonds is 2. The van der Waals surface area contributed by atoms with Crippen molar-refractivity contribution in [3.8, 4) is 0 Å². The standard InChI is InChI=1S/C12H8Cl3N/c13-9-3-1-8(2-4-9)5-12-11(15)6-10(14)7-16-12/h1-4,6-7H,5H2. The van der Waals surface area contributed by atoms with Crippen LogP contribution in [0.15, 0.2) is 36.5 Å². The Morgan fingerprint density at radius 3 is 2.25 bits per heavy atom. The predicted octanol–water partition coefficient (Wildman–Crippen LogP) is 4.63. The highest BCUT2D eigenvalue weighted by molar-refractivity contribution is 6.34. The molecule has 0 aliphatic heterocycles. The molecule has 1 aromatic heterocycles. The Morgan fingerprint density at radius 2 is 1.62 bits per heavy atom. The largest absolute Gasteiger partial charge is 0.258 e. The summed E-state index contributed by atoms with van der Waals surface area (Å²) in [4.78, 5) is 4.20. The van der Waals surface area contributed by atoms with Crippen LogP contribution in [0.25, 0.3) is 0 Å². The van der Waals surface area contributed by atoms with Crippen LogP contribution >= 0.6 is 34.8 Å². The van der Waals surface area contributed by atoms with Crippen molar-refractivity contribution in [3.63, 3.8) is 0 Å². The molecule has 0 N–H and O–H groups in total. The molecule has 0 atom stereocenters. The van der Waals surface area contributed by atoms with Crippen LogP contribution in [0.2, 0.25) is 15.1 Å². The van der Waals surface area contributed by atoms with Crippen LogP contribution in [-0.4, -0.2) is 4.98 Å². The lowest BCUT2D eigenvalue weighted by atomic mass is 10.1. The van der Waals surface area contributed by atoms with Crippen LogP contribution in [0.1, 0.15) is 11.3 Å². The molecule has 2 aromatic rings. The van der Waals surface area contributed by atoms with Crippen LogP contribution in [-0.2, 0) is 6.42 Å². The second-order valence-corrected chi connectivity index (χ2v) is 4.67. The average molecular weight is 273 g/mol. The Kier molecular flexibility index (Phi) is 3.70. The van der Waals surface area contributed by atoms with E-state index < -0.39 is 0 Å². The first-order valence-electron chi connectivity index (χ1n) is 4.69. The van der Waals surface area contributed by atoms with Crippen molar-refractivity contribution in [2.75, 3.05) is 0 Å². The molecule has 0 spiro atoms. The first-order valence-corrected chi connectivity index (χ1v) is 5.83. The summed E-state index contributed by atoms with van der Waals surface area (Å²) < 4.78 is 0. The predicted molar refractivity (Wildman–Crippen MR) is 68.5 cm³/mol. The summed E-state index contributed by atoms with van der Waals surface area (Å²) in [6.07, 6.45) is 2.27. The molecule has 82 valence electrons. The molecule has 0 bridgehead atoms. The third-order valence-electron chi connectivity index (χ3n) is 2.17. The molecule has 0 fully saturated rings. The minimum atomic E-state index is 0.546. The Labute approximate surface area is 109 Å². The summed E-state index contributed by atoms with van der Waals surface area (Å²) in [6, 6.07) is 9.30. The van der Waals surface area contributed by atoms with Gasteiger partial charge in [0.1, 0.15) is 0 Å². The Balaban J connectivity index is 2.23. The number of aromatic nitrogens is 1. The number of halogens is 3. The number of nitrogens with zero attached hydrogens (tertiary/aromatic N) is 1. The Bertz CT molecular complexity index is 494. The molecule has 1 nitrogen and oxygen atoms in total. The second kappa shape index (κ2) is 5.05. The molecule has 1 heterocycles. The molecule has 2 rings (SSSR count). The van der Waals surface area contributed by atoms with Gasteiger partial charge in [-0.25, -0.2) is 0 Å². The lowest BCUT2D eigenvalue weighted by Gasteiger charge is -2.04. The summed E-state index contributed by atoms with van der Waals surface area (Å²) in [6.45, 7) is 0. The molecule has 0 radical (unpaired) electrons. The van der Waals surface area contributed by atoms with Gasteiger partial charge in [-0.1, -0.05) is 46.9 Å². The highest BCUT2D eigenvalue weighted by Gasteiger charge is 2.04. The molecule has 0 saturated heterocycles. The quantitative estimate of drug-likeness (QED) is 0.776. The van der Waals surface area contributed by atoms with E-state index in [9.17, 15) is 0 Å². The lowest BCUT2D eigenvalue weighted by Crippen LogP contribution is -1.93. The van der Waals surface area contributed by atoms with Crippen LogP contribution in [0, 0.1) is 0 Å². The van der Waals surface area contributed by atoms with Gasteiger partial charge in [0.15, 0.2) is 0 Å². The first-order chi connectivity index (χ1) is 7.65. The maximum atomic E-state index is 6.04. The molecular formula is C12H8Cl3N. The molecule has 0 aliphatic rings. The third kappa shape index (κ3) is 2.88. The van der Waals surface area contributed by atoms with Gasteiger partial charge < -0.3 is 0 Å². The van der Waals surface area contributed by atoms with Crippen molar-refractivity contribution in [1.82, 2.24) is 4.98 Å². The van der Waals surface area contributed by atoms with Gasteiger partial charge in [0.2, 0.25) is 0 Å². The van der Waals surface area contributed by atoms with Crippen LogP contribution in [0.5, 0.6) is 0 Å². The number of benzene rings is 1. The van der Waals surface area contributed by atoms with Crippen LogP contribution in [0.4, 0.5) is 0 Å². The van der Waals surface area contributed by atoms with E-state index in [1.165, 1.54) is 0 Å². The Morgan fingerprint density at radius 1 is 0.938 bits per heavy atom. The van der Waals surface area contributed by atoms with Crippen molar-refractivity contribution in [2.45, 2.75) is 6.42 Å². The van der Waals surface area contributed by atoms with Gasteiger partial charge in [0.05, 0.1) is 15.7 Å². The van der Waals surface area contributed by atoms with Crippen LogP contribution in [0.3, 0.4) is 0 Å². The van der Waals surface area contributed by atoms with Crippen molar-refractivity contribution < 1.29 is 0 Å². The third-order valence-corrected chi connectivity index (χ3v) is 2.95. The lowest BCUT2D eigenvalue weighted by molar-refractivity contribution is 1.07. The maximum Gasteiger partial charge on any atom is 0.0639 e. The zero-order chi connectivity index (χ0) is 11.5. The Hall–Kier alpha value is -0.760. The smallest absolute Gasteiger partial charge is 0.0639 e. The van der Waals surface area contributed by atoms with Crippen molar-refractivity contribution in [1.29, 1.82) is 0 Å².